The van der Waals surface area contributed by atoms with Gasteiger partial charge >= 0.3 is 0 Å². The predicted molar refractivity (Wildman–Crippen MR) is 107 cm³/mol. The zero-order valence-corrected chi connectivity index (χ0v) is 15.4. The summed E-state index contributed by atoms with van der Waals surface area (Å²) in [5.41, 5.74) is 4.81. The Morgan fingerprint density at radius 1 is 1.00 bits per heavy atom. The van der Waals surface area contributed by atoms with Crippen molar-refractivity contribution in [2.75, 3.05) is 18.0 Å². The van der Waals surface area contributed by atoms with E-state index in [-0.39, 0.29) is 5.91 Å². The first-order valence-corrected chi connectivity index (χ1v) is 9.99. The molecule has 0 atom stereocenters. The topological polar surface area (TPSA) is 32.3 Å². The molecule has 3 heteroatoms. The van der Waals surface area contributed by atoms with Crippen LogP contribution in [0.2, 0.25) is 0 Å². The number of carbonyl (C=O) groups excluding carboxylic acids is 1. The van der Waals surface area contributed by atoms with Gasteiger partial charge < -0.3 is 10.2 Å². The van der Waals surface area contributed by atoms with E-state index in [1.807, 2.05) is 12.1 Å². The Kier molecular flexibility index (Phi) is 5.24. The molecule has 0 bridgehead atoms. The summed E-state index contributed by atoms with van der Waals surface area (Å²) in [6.07, 6.45) is 7.63. The molecule has 1 saturated carbocycles. The van der Waals surface area contributed by atoms with Crippen molar-refractivity contribution in [3.63, 3.8) is 0 Å². The number of nitrogens with one attached hydrogen (secondary N) is 1. The molecule has 1 aliphatic carbocycles. The first kappa shape index (κ1) is 17.1. The average Bonchev–Trinajstić information content (AvgIpc) is 3.10. The van der Waals surface area contributed by atoms with Crippen molar-refractivity contribution in [3.05, 3.63) is 65.2 Å². The van der Waals surface area contributed by atoms with Gasteiger partial charge in [-0.3, -0.25) is 4.79 Å². The molecule has 1 fully saturated rings. The SMILES string of the molecule is O=C(NCC1CCCCC1)c1ccc(CN2CCc3ccccc32)cc1. The molecular weight excluding hydrogens is 320 g/mol. The highest BCUT2D eigenvalue weighted by molar-refractivity contribution is 5.94. The second-order valence-electron chi connectivity index (χ2n) is 7.71. The van der Waals surface area contributed by atoms with Gasteiger partial charge in [0.1, 0.15) is 0 Å². The third kappa shape index (κ3) is 3.92. The molecule has 4 rings (SSSR count). The number of anilines is 1. The molecule has 0 unspecified atom stereocenters. The van der Waals surface area contributed by atoms with E-state index in [9.17, 15) is 4.79 Å². The number of benzene rings is 2. The van der Waals surface area contributed by atoms with Crippen LogP contribution >= 0.6 is 0 Å². The van der Waals surface area contributed by atoms with Crippen molar-refractivity contribution in [3.8, 4) is 0 Å². The van der Waals surface area contributed by atoms with Crippen LogP contribution in [0.1, 0.15) is 53.6 Å². The van der Waals surface area contributed by atoms with Gasteiger partial charge in [0.05, 0.1) is 0 Å². The van der Waals surface area contributed by atoms with Gasteiger partial charge in [-0.25, -0.2) is 0 Å². The standard InChI is InChI=1S/C23H28N2O/c26-23(24-16-18-6-2-1-3-7-18)21-12-10-19(11-13-21)17-25-15-14-20-8-4-5-9-22(20)25/h4-5,8-13,18H,1-3,6-7,14-17H2,(H,24,26). The van der Waals surface area contributed by atoms with Gasteiger partial charge in [0.25, 0.3) is 5.91 Å². The second kappa shape index (κ2) is 7.94. The first-order chi connectivity index (χ1) is 12.8. The van der Waals surface area contributed by atoms with Gasteiger partial charge in [-0.1, -0.05) is 49.6 Å². The van der Waals surface area contributed by atoms with Crippen molar-refractivity contribution < 1.29 is 4.79 Å². The van der Waals surface area contributed by atoms with Gasteiger partial charge in [0.2, 0.25) is 0 Å². The summed E-state index contributed by atoms with van der Waals surface area (Å²) >= 11 is 0. The number of carbonyl (C=O) groups is 1. The fourth-order valence-corrected chi connectivity index (χ4v) is 4.28. The van der Waals surface area contributed by atoms with Crippen LogP contribution in [0.25, 0.3) is 0 Å². The van der Waals surface area contributed by atoms with Crippen LogP contribution < -0.4 is 10.2 Å². The number of hydrogen-bond donors (Lipinski definition) is 1. The number of rotatable bonds is 5. The molecule has 136 valence electrons. The molecule has 26 heavy (non-hydrogen) atoms. The molecule has 0 saturated heterocycles. The highest BCUT2D eigenvalue weighted by atomic mass is 16.1. The summed E-state index contributed by atoms with van der Waals surface area (Å²) in [5, 5.41) is 3.12. The Hall–Kier alpha value is -2.29. The molecule has 1 amide bonds. The van der Waals surface area contributed by atoms with Crippen LogP contribution in [-0.4, -0.2) is 19.0 Å². The van der Waals surface area contributed by atoms with E-state index in [4.69, 9.17) is 0 Å². The quantitative estimate of drug-likeness (QED) is 0.859. The van der Waals surface area contributed by atoms with Gasteiger partial charge in [-0.05, 0) is 54.5 Å². The smallest absolute Gasteiger partial charge is 0.251 e. The lowest BCUT2D eigenvalue weighted by molar-refractivity contribution is 0.0943. The van der Waals surface area contributed by atoms with Crippen LogP contribution in [0, 0.1) is 5.92 Å². The number of amides is 1. The summed E-state index contributed by atoms with van der Waals surface area (Å²) in [5.74, 6) is 0.732. The van der Waals surface area contributed by atoms with E-state index in [1.54, 1.807) is 0 Å². The van der Waals surface area contributed by atoms with Crippen LogP contribution in [0.3, 0.4) is 0 Å². The van der Waals surface area contributed by atoms with Crippen molar-refractivity contribution in [2.24, 2.45) is 5.92 Å². The van der Waals surface area contributed by atoms with E-state index in [2.05, 4.69) is 46.6 Å². The maximum absolute atomic E-state index is 12.4. The highest BCUT2D eigenvalue weighted by Crippen LogP contribution is 2.28. The minimum Gasteiger partial charge on any atom is -0.367 e. The third-order valence-electron chi connectivity index (χ3n) is 5.85. The van der Waals surface area contributed by atoms with Gasteiger partial charge in [0.15, 0.2) is 0 Å². The van der Waals surface area contributed by atoms with Gasteiger partial charge in [-0.2, -0.15) is 0 Å². The summed E-state index contributed by atoms with van der Waals surface area (Å²) in [4.78, 5) is 14.8. The maximum Gasteiger partial charge on any atom is 0.251 e. The summed E-state index contributed by atoms with van der Waals surface area (Å²) in [6, 6.07) is 16.8. The largest absolute Gasteiger partial charge is 0.367 e. The lowest BCUT2D eigenvalue weighted by atomic mass is 9.89. The molecule has 0 aromatic heterocycles. The van der Waals surface area contributed by atoms with Crippen molar-refractivity contribution in [2.45, 2.75) is 45.1 Å². The summed E-state index contributed by atoms with van der Waals surface area (Å²) < 4.78 is 0. The number of para-hydroxylation sites is 1. The lowest BCUT2D eigenvalue weighted by Gasteiger charge is -2.22. The van der Waals surface area contributed by atoms with Crippen LogP contribution in [-0.2, 0) is 13.0 Å². The van der Waals surface area contributed by atoms with E-state index in [0.717, 1.165) is 31.6 Å². The average molecular weight is 348 g/mol. The molecule has 0 radical (unpaired) electrons. The van der Waals surface area contributed by atoms with Crippen molar-refractivity contribution in [1.82, 2.24) is 5.32 Å². The molecule has 2 aromatic carbocycles. The molecule has 1 N–H and O–H groups in total. The number of fused-ring (bicyclic) bond motifs is 1. The van der Waals surface area contributed by atoms with E-state index < -0.39 is 0 Å². The number of hydrogen-bond acceptors (Lipinski definition) is 2. The van der Waals surface area contributed by atoms with Crippen LogP contribution in [0.15, 0.2) is 48.5 Å². The summed E-state index contributed by atoms with van der Waals surface area (Å²) in [7, 11) is 0. The Morgan fingerprint density at radius 2 is 1.77 bits per heavy atom. The van der Waals surface area contributed by atoms with Crippen LogP contribution in [0.4, 0.5) is 5.69 Å². The van der Waals surface area contributed by atoms with Gasteiger partial charge in [0, 0.05) is 30.9 Å². The Balaban J connectivity index is 1.32. The Bertz CT molecular complexity index is 747. The van der Waals surface area contributed by atoms with E-state index in [1.165, 1.54) is 48.9 Å². The molecule has 1 heterocycles. The molecule has 2 aliphatic rings. The van der Waals surface area contributed by atoms with Crippen molar-refractivity contribution in [1.29, 1.82) is 0 Å². The van der Waals surface area contributed by atoms with Gasteiger partial charge in [-0.15, -0.1) is 0 Å². The number of nitrogens with zero attached hydrogens (tertiary/aromatic N) is 1. The molecule has 3 nitrogen and oxygen atoms in total. The normalized spacial score (nSPS) is 17.2. The lowest BCUT2D eigenvalue weighted by Crippen LogP contribution is -2.30. The highest BCUT2D eigenvalue weighted by Gasteiger charge is 2.18. The zero-order valence-electron chi connectivity index (χ0n) is 15.4. The monoisotopic (exact) mass is 348 g/mol. The first-order valence-electron chi connectivity index (χ1n) is 9.99. The predicted octanol–water partition coefficient (Wildman–Crippen LogP) is 4.56. The molecular formula is C23H28N2O. The van der Waals surface area contributed by atoms with E-state index in [0.29, 0.717) is 5.92 Å². The fourth-order valence-electron chi connectivity index (χ4n) is 4.28. The van der Waals surface area contributed by atoms with Crippen LogP contribution in [0.5, 0.6) is 0 Å². The van der Waals surface area contributed by atoms with E-state index >= 15 is 0 Å². The zero-order chi connectivity index (χ0) is 17.8. The Morgan fingerprint density at radius 3 is 2.58 bits per heavy atom. The van der Waals surface area contributed by atoms with Crippen molar-refractivity contribution >= 4 is 11.6 Å². The Labute approximate surface area is 156 Å². The minimum absolute atomic E-state index is 0.0636. The third-order valence-corrected chi connectivity index (χ3v) is 5.85. The molecule has 2 aromatic rings. The maximum atomic E-state index is 12.4. The minimum atomic E-state index is 0.0636. The second-order valence-corrected chi connectivity index (χ2v) is 7.71. The molecule has 1 aliphatic heterocycles. The fraction of sp³-hybridized carbons (Fsp3) is 0.435. The summed E-state index contributed by atoms with van der Waals surface area (Å²) in [6.45, 7) is 2.80. The molecule has 0 spiro atoms.